The van der Waals surface area contributed by atoms with Crippen molar-refractivity contribution in [1.82, 2.24) is 14.7 Å². The first-order valence-corrected chi connectivity index (χ1v) is 6.59. The normalized spacial score (nSPS) is 10.7. The number of nitrogens with zero attached hydrogens (tertiary/aromatic N) is 3. The van der Waals surface area contributed by atoms with Gasteiger partial charge >= 0.3 is 6.09 Å². The Morgan fingerprint density at radius 3 is 2.44 bits per heavy atom. The highest BCUT2D eigenvalue weighted by Gasteiger charge is 2.15. The van der Waals surface area contributed by atoms with Crippen LogP contribution in [-0.4, -0.2) is 33.9 Å². The number of carbonyl (C=O) groups is 1. The third-order valence-electron chi connectivity index (χ3n) is 2.56. The van der Waals surface area contributed by atoms with Crippen LogP contribution in [0, 0.1) is 0 Å². The molecule has 0 aromatic carbocycles. The zero-order chi connectivity index (χ0) is 13.5. The first-order chi connectivity index (χ1) is 8.58. The number of aromatic nitrogens is 2. The molecule has 0 spiro atoms. The minimum Gasteiger partial charge on any atom is -0.407 e. The van der Waals surface area contributed by atoms with E-state index in [4.69, 9.17) is 4.74 Å². The van der Waals surface area contributed by atoms with Crippen LogP contribution in [0.3, 0.4) is 0 Å². The van der Waals surface area contributed by atoms with Crippen molar-refractivity contribution in [2.75, 3.05) is 13.1 Å². The average Bonchev–Trinajstić information content (AvgIpc) is 2.77. The number of carbonyl (C=O) groups excluding carboxylic acids is 1. The molecule has 1 aromatic rings. The van der Waals surface area contributed by atoms with Crippen molar-refractivity contribution < 1.29 is 9.53 Å². The standard InChI is InChI=1S/C13H23N3O2/c1-5-7-15(8-6-2)13(17)18-12-9-14-16(10-12)11(3)4/h9-11H,5-8H2,1-4H3. The minimum atomic E-state index is -0.290. The van der Waals surface area contributed by atoms with Gasteiger partial charge < -0.3 is 9.64 Å². The predicted molar refractivity (Wildman–Crippen MR) is 70.8 cm³/mol. The molecule has 0 bridgehead atoms. The Labute approximate surface area is 109 Å². The van der Waals surface area contributed by atoms with Crippen molar-refractivity contribution in [2.45, 2.75) is 46.6 Å². The zero-order valence-corrected chi connectivity index (χ0v) is 11.7. The molecule has 5 nitrogen and oxygen atoms in total. The largest absolute Gasteiger partial charge is 0.415 e. The fourth-order valence-electron chi connectivity index (χ4n) is 1.66. The summed E-state index contributed by atoms with van der Waals surface area (Å²) in [6.45, 7) is 9.60. The van der Waals surface area contributed by atoms with Gasteiger partial charge in [0.05, 0.1) is 12.4 Å². The van der Waals surface area contributed by atoms with E-state index in [0.717, 1.165) is 25.9 Å². The summed E-state index contributed by atoms with van der Waals surface area (Å²) in [5.74, 6) is 0.505. The van der Waals surface area contributed by atoms with Crippen LogP contribution in [0.25, 0.3) is 0 Å². The third-order valence-corrected chi connectivity index (χ3v) is 2.56. The summed E-state index contributed by atoms with van der Waals surface area (Å²) in [7, 11) is 0. The highest BCUT2D eigenvalue weighted by molar-refractivity contribution is 5.70. The van der Waals surface area contributed by atoms with Crippen LogP contribution in [0.5, 0.6) is 5.75 Å². The summed E-state index contributed by atoms with van der Waals surface area (Å²) < 4.78 is 7.09. The van der Waals surface area contributed by atoms with E-state index in [2.05, 4.69) is 5.10 Å². The molecule has 0 saturated carbocycles. The van der Waals surface area contributed by atoms with Crippen LogP contribution >= 0.6 is 0 Å². The molecule has 0 N–H and O–H groups in total. The highest BCUT2D eigenvalue weighted by Crippen LogP contribution is 2.13. The van der Waals surface area contributed by atoms with Crippen molar-refractivity contribution in [3.05, 3.63) is 12.4 Å². The minimum absolute atomic E-state index is 0.264. The van der Waals surface area contributed by atoms with E-state index in [1.807, 2.05) is 27.7 Å². The molecule has 0 aliphatic heterocycles. The Balaban J connectivity index is 2.60. The van der Waals surface area contributed by atoms with Crippen molar-refractivity contribution in [1.29, 1.82) is 0 Å². The lowest BCUT2D eigenvalue weighted by Gasteiger charge is -2.19. The first-order valence-electron chi connectivity index (χ1n) is 6.59. The molecular formula is C13H23N3O2. The molecule has 1 aromatic heterocycles. The SMILES string of the molecule is CCCN(CCC)C(=O)Oc1cnn(C(C)C)c1. The van der Waals surface area contributed by atoms with E-state index in [-0.39, 0.29) is 12.1 Å². The zero-order valence-electron chi connectivity index (χ0n) is 11.7. The lowest BCUT2D eigenvalue weighted by molar-refractivity contribution is 0.152. The maximum absolute atomic E-state index is 11.9. The number of rotatable bonds is 6. The van der Waals surface area contributed by atoms with Crippen molar-refractivity contribution in [3.8, 4) is 5.75 Å². The van der Waals surface area contributed by atoms with Crippen molar-refractivity contribution >= 4 is 6.09 Å². The molecule has 1 rings (SSSR count). The average molecular weight is 253 g/mol. The van der Waals surface area contributed by atoms with E-state index in [1.54, 1.807) is 22.0 Å². The molecule has 1 amide bonds. The summed E-state index contributed by atoms with van der Waals surface area (Å²) in [4.78, 5) is 13.7. The first kappa shape index (κ1) is 14.5. The number of ether oxygens (including phenoxy) is 1. The molecular weight excluding hydrogens is 230 g/mol. The monoisotopic (exact) mass is 253 g/mol. The van der Waals surface area contributed by atoms with Gasteiger partial charge in [-0.2, -0.15) is 5.10 Å². The van der Waals surface area contributed by atoms with Crippen LogP contribution in [0.1, 0.15) is 46.6 Å². The van der Waals surface area contributed by atoms with Crippen LogP contribution in [0.4, 0.5) is 4.79 Å². The lowest BCUT2D eigenvalue weighted by Crippen LogP contribution is -2.34. The predicted octanol–water partition coefficient (Wildman–Crippen LogP) is 3.08. The highest BCUT2D eigenvalue weighted by atomic mass is 16.6. The molecule has 0 radical (unpaired) electrons. The Hall–Kier alpha value is -1.52. The maximum atomic E-state index is 11.9. The lowest BCUT2D eigenvalue weighted by atomic mass is 10.4. The van der Waals surface area contributed by atoms with Gasteiger partial charge in [0, 0.05) is 19.1 Å². The smallest absolute Gasteiger partial charge is 0.407 e. The Morgan fingerprint density at radius 1 is 1.39 bits per heavy atom. The van der Waals surface area contributed by atoms with Gasteiger partial charge in [0.15, 0.2) is 5.75 Å². The fraction of sp³-hybridized carbons (Fsp3) is 0.692. The van der Waals surface area contributed by atoms with E-state index < -0.39 is 0 Å². The number of hydrogen-bond donors (Lipinski definition) is 0. The fourth-order valence-corrected chi connectivity index (χ4v) is 1.66. The van der Waals surface area contributed by atoms with E-state index in [0.29, 0.717) is 5.75 Å². The molecule has 0 aliphatic rings. The number of hydrogen-bond acceptors (Lipinski definition) is 3. The molecule has 0 unspecified atom stereocenters. The molecule has 1 heterocycles. The van der Waals surface area contributed by atoms with Crippen LogP contribution < -0.4 is 4.74 Å². The van der Waals surface area contributed by atoms with Gasteiger partial charge in [-0.1, -0.05) is 13.8 Å². The quantitative estimate of drug-likeness (QED) is 0.782. The molecule has 0 fully saturated rings. The topological polar surface area (TPSA) is 47.4 Å². The van der Waals surface area contributed by atoms with Gasteiger partial charge in [-0.3, -0.25) is 4.68 Å². The second-order valence-electron chi connectivity index (χ2n) is 4.60. The van der Waals surface area contributed by atoms with Gasteiger partial charge in [0.2, 0.25) is 0 Å². The maximum Gasteiger partial charge on any atom is 0.415 e. The third kappa shape index (κ3) is 4.05. The Kier molecular flexibility index (Phi) is 5.68. The van der Waals surface area contributed by atoms with Gasteiger partial charge in [0.1, 0.15) is 0 Å². The molecule has 102 valence electrons. The van der Waals surface area contributed by atoms with Crippen LogP contribution in [0.15, 0.2) is 12.4 Å². The van der Waals surface area contributed by atoms with Gasteiger partial charge in [-0.15, -0.1) is 0 Å². The molecule has 0 aliphatic carbocycles. The molecule has 0 saturated heterocycles. The van der Waals surface area contributed by atoms with Gasteiger partial charge in [0.25, 0.3) is 0 Å². The van der Waals surface area contributed by atoms with Gasteiger partial charge in [-0.25, -0.2) is 4.79 Å². The van der Waals surface area contributed by atoms with Crippen molar-refractivity contribution in [3.63, 3.8) is 0 Å². The van der Waals surface area contributed by atoms with Crippen LogP contribution in [0.2, 0.25) is 0 Å². The van der Waals surface area contributed by atoms with Crippen molar-refractivity contribution in [2.24, 2.45) is 0 Å². The molecule has 0 atom stereocenters. The van der Waals surface area contributed by atoms with Gasteiger partial charge in [-0.05, 0) is 26.7 Å². The van der Waals surface area contributed by atoms with E-state index >= 15 is 0 Å². The second-order valence-corrected chi connectivity index (χ2v) is 4.60. The summed E-state index contributed by atoms with van der Waals surface area (Å²) in [6.07, 6.45) is 4.90. The van der Waals surface area contributed by atoms with E-state index in [9.17, 15) is 4.79 Å². The number of amides is 1. The molecule has 5 heteroatoms. The second kappa shape index (κ2) is 7.03. The van der Waals surface area contributed by atoms with Crippen LogP contribution in [-0.2, 0) is 0 Å². The summed E-state index contributed by atoms with van der Waals surface area (Å²) >= 11 is 0. The summed E-state index contributed by atoms with van der Waals surface area (Å²) in [5, 5.41) is 4.14. The Bertz CT molecular complexity index is 368. The van der Waals surface area contributed by atoms with E-state index in [1.165, 1.54) is 0 Å². The Morgan fingerprint density at radius 2 is 2.00 bits per heavy atom. The summed E-state index contributed by atoms with van der Waals surface area (Å²) in [6, 6.07) is 0.264. The summed E-state index contributed by atoms with van der Waals surface area (Å²) in [5.41, 5.74) is 0. The molecule has 18 heavy (non-hydrogen) atoms.